The van der Waals surface area contributed by atoms with Crippen LogP contribution in [0.3, 0.4) is 0 Å². The van der Waals surface area contributed by atoms with Gasteiger partial charge in [0.05, 0.1) is 17.6 Å². The van der Waals surface area contributed by atoms with Crippen LogP contribution in [0.2, 0.25) is 5.02 Å². The molecule has 1 saturated heterocycles. The van der Waals surface area contributed by atoms with E-state index in [-0.39, 0.29) is 18.4 Å². The summed E-state index contributed by atoms with van der Waals surface area (Å²) >= 11 is 5.93. The van der Waals surface area contributed by atoms with Crippen molar-refractivity contribution < 1.29 is 14.6 Å². The molecular weight excluding hydrogens is 450 g/mol. The van der Waals surface area contributed by atoms with E-state index in [0.717, 1.165) is 22.4 Å². The molecule has 34 heavy (non-hydrogen) atoms. The van der Waals surface area contributed by atoms with Gasteiger partial charge in [-0.25, -0.2) is 4.98 Å². The van der Waals surface area contributed by atoms with Crippen LogP contribution in [0.15, 0.2) is 78.9 Å². The second-order valence-corrected chi connectivity index (χ2v) is 9.09. The predicted molar refractivity (Wildman–Crippen MR) is 132 cm³/mol. The maximum atomic E-state index is 12.8. The van der Waals surface area contributed by atoms with Gasteiger partial charge in [-0.2, -0.15) is 0 Å². The van der Waals surface area contributed by atoms with Crippen molar-refractivity contribution in [1.29, 1.82) is 0 Å². The van der Waals surface area contributed by atoms with Crippen LogP contribution < -0.4 is 4.74 Å². The van der Waals surface area contributed by atoms with Gasteiger partial charge in [-0.05, 0) is 42.0 Å². The summed E-state index contributed by atoms with van der Waals surface area (Å²) in [4.78, 5) is 19.6. The number of para-hydroxylation sites is 2. The Kier molecular flexibility index (Phi) is 6.52. The smallest absolute Gasteiger partial charge is 0.223 e. The molecule has 1 aliphatic heterocycles. The maximum absolute atomic E-state index is 12.8. The molecule has 0 unspecified atom stereocenters. The third-order valence-electron chi connectivity index (χ3n) is 6.13. The van der Waals surface area contributed by atoms with E-state index >= 15 is 0 Å². The van der Waals surface area contributed by atoms with Crippen molar-refractivity contribution in [3.8, 4) is 5.75 Å². The molecule has 4 aromatic rings. The summed E-state index contributed by atoms with van der Waals surface area (Å²) in [5.41, 5.74) is 2.91. The molecule has 0 aliphatic carbocycles. The third-order valence-corrected chi connectivity index (χ3v) is 6.38. The molecule has 6 nitrogen and oxygen atoms in total. The van der Waals surface area contributed by atoms with E-state index in [0.29, 0.717) is 36.8 Å². The Balaban J connectivity index is 1.33. The molecular formula is C27H26ClN3O3. The molecule has 0 saturated carbocycles. The fourth-order valence-corrected chi connectivity index (χ4v) is 4.61. The minimum atomic E-state index is -0.746. The summed E-state index contributed by atoms with van der Waals surface area (Å²) in [5.74, 6) is 1.57. The van der Waals surface area contributed by atoms with E-state index in [1.807, 2.05) is 64.1 Å². The normalized spacial score (nSPS) is 16.8. The van der Waals surface area contributed by atoms with Crippen molar-refractivity contribution in [3.05, 3.63) is 95.3 Å². The number of amides is 1. The lowest BCUT2D eigenvalue weighted by molar-refractivity contribution is -0.128. The lowest BCUT2D eigenvalue weighted by Crippen LogP contribution is -2.26. The molecule has 1 amide bonds. The van der Waals surface area contributed by atoms with Gasteiger partial charge in [0.1, 0.15) is 24.3 Å². The van der Waals surface area contributed by atoms with E-state index in [2.05, 4.69) is 0 Å². The molecule has 1 aromatic heterocycles. The minimum Gasteiger partial charge on any atom is -0.491 e. The van der Waals surface area contributed by atoms with Gasteiger partial charge in [-0.3, -0.25) is 4.79 Å². The van der Waals surface area contributed by atoms with E-state index < -0.39 is 6.10 Å². The molecule has 1 fully saturated rings. The number of ether oxygens (including phenoxy) is 1. The minimum absolute atomic E-state index is 0.0343. The van der Waals surface area contributed by atoms with E-state index in [9.17, 15) is 9.90 Å². The summed E-state index contributed by atoms with van der Waals surface area (Å²) in [6, 6.07) is 24.9. The molecule has 1 aliphatic rings. The van der Waals surface area contributed by atoms with Gasteiger partial charge in [-0.1, -0.05) is 54.1 Å². The van der Waals surface area contributed by atoms with E-state index in [4.69, 9.17) is 21.3 Å². The number of rotatable bonds is 8. The zero-order valence-corrected chi connectivity index (χ0v) is 19.4. The highest BCUT2D eigenvalue weighted by molar-refractivity contribution is 6.30. The summed E-state index contributed by atoms with van der Waals surface area (Å²) in [7, 11) is 0. The maximum Gasteiger partial charge on any atom is 0.223 e. The van der Waals surface area contributed by atoms with Gasteiger partial charge >= 0.3 is 0 Å². The van der Waals surface area contributed by atoms with Crippen LogP contribution in [-0.4, -0.2) is 44.7 Å². The number of aliphatic hydroxyl groups is 1. The zero-order valence-electron chi connectivity index (χ0n) is 18.7. The van der Waals surface area contributed by atoms with Gasteiger partial charge in [0.15, 0.2) is 0 Å². The quantitative estimate of drug-likeness (QED) is 0.403. The number of hydrogen-bond donors (Lipinski definition) is 1. The first-order valence-electron chi connectivity index (χ1n) is 11.4. The van der Waals surface area contributed by atoms with Crippen molar-refractivity contribution in [2.24, 2.45) is 0 Å². The van der Waals surface area contributed by atoms with Gasteiger partial charge in [0.25, 0.3) is 0 Å². The zero-order chi connectivity index (χ0) is 23.5. The number of carbonyl (C=O) groups excluding carboxylic acids is 1. The Bertz CT molecular complexity index is 1270. The Morgan fingerprint density at radius 3 is 2.56 bits per heavy atom. The number of halogens is 1. The van der Waals surface area contributed by atoms with Crippen LogP contribution in [0.1, 0.15) is 23.7 Å². The van der Waals surface area contributed by atoms with Crippen molar-refractivity contribution >= 4 is 28.5 Å². The molecule has 1 N–H and O–H groups in total. The molecule has 5 rings (SSSR count). The fraction of sp³-hybridized carbons (Fsp3) is 0.259. The molecule has 2 atom stereocenters. The Morgan fingerprint density at radius 1 is 1.03 bits per heavy atom. The van der Waals surface area contributed by atoms with Crippen molar-refractivity contribution in [2.45, 2.75) is 31.5 Å². The molecule has 3 aromatic carbocycles. The molecule has 0 radical (unpaired) electrons. The van der Waals surface area contributed by atoms with Crippen LogP contribution in [0, 0.1) is 0 Å². The number of hydrogen-bond acceptors (Lipinski definition) is 4. The van der Waals surface area contributed by atoms with Gasteiger partial charge < -0.3 is 19.3 Å². The highest BCUT2D eigenvalue weighted by atomic mass is 35.5. The van der Waals surface area contributed by atoms with Crippen molar-refractivity contribution in [1.82, 2.24) is 14.5 Å². The van der Waals surface area contributed by atoms with Crippen LogP contribution >= 0.6 is 11.6 Å². The van der Waals surface area contributed by atoms with Crippen LogP contribution in [0.5, 0.6) is 5.75 Å². The summed E-state index contributed by atoms with van der Waals surface area (Å²) in [5, 5.41) is 11.4. The standard InChI is InChI=1S/C27H26ClN3O3/c28-21-10-12-23(13-11-21)34-18-22(32)17-31-25-9-5-4-8-24(25)29-27(31)20-14-26(33)30(16-20)15-19-6-2-1-3-7-19/h1-13,20,22,32H,14-18H2/t20-,22+/m1/s1. The predicted octanol–water partition coefficient (Wildman–Crippen LogP) is 4.65. The number of nitrogens with zero attached hydrogens (tertiary/aromatic N) is 3. The summed E-state index contributed by atoms with van der Waals surface area (Å²) < 4.78 is 7.78. The number of aliphatic hydroxyl groups excluding tert-OH is 1. The monoisotopic (exact) mass is 475 g/mol. The van der Waals surface area contributed by atoms with Gasteiger partial charge in [0, 0.05) is 30.5 Å². The highest BCUT2D eigenvalue weighted by Gasteiger charge is 2.34. The Hall–Kier alpha value is -3.35. The second-order valence-electron chi connectivity index (χ2n) is 8.65. The first-order valence-corrected chi connectivity index (χ1v) is 11.8. The fourth-order valence-electron chi connectivity index (χ4n) is 4.49. The number of likely N-dealkylation sites (tertiary alicyclic amines) is 1. The first-order chi connectivity index (χ1) is 16.6. The molecule has 0 spiro atoms. The van der Waals surface area contributed by atoms with Crippen molar-refractivity contribution in [2.75, 3.05) is 13.2 Å². The van der Waals surface area contributed by atoms with Crippen molar-refractivity contribution in [3.63, 3.8) is 0 Å². The average molecular weight is 476 g/mol. The van der Waals surface area contributed by atoms with Gasteiger partial charge in [-0.15, -0.1) is 0 Å². The topological polar surface area (TPSA) is 67.6 Å². The Morgan fingerprint density at radius 2 is 1.76 bits per heavy atom. The van der Waals surface area contributed by atoms with E-state index in [1.54, 1.807) is 24.3 Å². The molecule has 0 bridgehead atoms. The number of benzene rings is 3. The lowest BCUT2D eigenvalue weighted by atomic mass is 10.1. The third kappa shape index (κ3) is 4.93. The second kappa shape index (κ2) is 9.87. The SMILES string of the molecule is O=C1C[C@@H](c2nc3ccccc3n2C[C@H](O)COc2ccc(Cl)cc2)CN1Cc1ccccc1. The lowest BCUT2D eigenvalue weighted by Gasteiger charge is -2.19. The number of imidazole rings is 1. The Labute approximate surface area is 203 Å². The van der Waals surface area contributed by atoms with Gasteiger partial charge in [0.2, 0.25) is 5.91 Å². The number of fused-ring (bicyclic) bond motifs is 1. The number of carbonyl (C=O) groups is 1. The largest absolute Gasteiger partial charge is 0.491 e. The molecule has 2 heterocycles. The highest BCUT2D eigenvalue weighted by Crippen LogP contribution is 2.31. The van der Waals surface area contributed by atoms with E-state index in [1.165, 1.54) is 0 Å². The summed E-state index contributed by atoms with van der Waals surface area (Å²) in [6.07, 6.45) is -0.336. The summed E-state index contributed by atoms with van der Waals surface area (Å²) in [6.45, 7) is 1.66. The van der Waals surface area contributed by atoms with Crippen LogP contribution in [0.4, 0.5) is 0 Å². The average Bonchev–Trinajstić information content (AvgIpc) is 3.39. The number of aromatic nitrogens is 2. The van der Waals surface area contributed by atoms with Crippen LogP contribution in [0.25, 0.3) is 11.0 Å². The van der Waals surface area contributed by atoms with Crippen LogP contribution in [-0.2, 0) is 17.9 Å². The first kappa shape index (κ1) is 22.4. The molecule has 7 heteroatoms. The molecule has 174 valence electrons.